The lowest BCUT2D eigenvalue weighted by Gasteiger charge is -2.15. The third-order valence-electron chi connectivity index (χ3n) is 1.79. The number of ether oxygens (including phenoxy) is 1. The van der Waals surface area contributed by atoms with Gasteiger partial charge >= 0.3 is 0 Å². The highest BCUT2D eigenvalue weighted by Gasteiger charge is 2.15. The molecule has 0 saturated heterocycles. The lowest BCUT2D eigenvalue weighted by molar-refractivity contribution is 0.107. The van der Waals surface area contributed by atoms with Gasteiger partial charge in [-0.3, -0.25) is 0 Å². The maximum atomic E-state index is 5.86. The molecule has 0 saturated carbocycles. The topological polar surface area (TPSA) is 61.0 Å². The molecule has 0 aromatic carbocycles. The molecule has 0 unspecified atom stereocenters. The molecule has 2 heterocycles. The first-order chi connectivity index (χ1) is 5.77. The van der Waals surface area contributed by atoms with Crippen LogP contribution in [0.15, 0.2) is 0 Å². The molecule has 12 heavy (non-hydrogen) atoms. The van der Waals surface area contributed by atoms with Gasteiger partial charge in [0.2, 0.25) is 5.95 Å². The Morgan fingerprint density at radius 3 is 3.08 bits per heavy atom. The number of rotatable bonds is 0. The van der Waals surface area contributed by atoms with Gasteiger partial charge in [0, 0.05) is 12.0 Å². The highest BCUT2D eigenvalue weighted by atomic mass is 35.5. The number of nitrogen functional groups attached to an aromatic ring is 1. The number of fused-ring (bicyclic) bond motifs is 1. The van der Waals surface area contributed by atoms with Crippen LogP contribution in [-0.4, -0.2) is 16.6 Å². The molecule has 1 aromatic rings. The summed E-state index contributed by atoms with van der Waals surface area (Å²) in [6.45, 7) is 1.17. The molecule has 0 radical (unpaired) electrons. The van der Waals surface area contributed by atoms with Crippen LogP contribution < -0.4 is 5.73 Å². The monoisotopic (exact) mass is 185 g/mol. The number of hydrogen-bond donors (Lipinski definition) is 1. The van der Waals surface area contributed by atoms with Gasteiger partial charge in [0.15, 0.2) is 0 Å². The molecular weight excluding hydrogens is 178 g/mol. The number of nitrogens with zero attached hydrogens (tertiary/aromatic N) is 2. The van der Waals surface area contributed by atoms with Gasteiger partial charge in [-0.2, -0.15) is 0 Å². The largest absolute Gasteiger partial charge is 0.375 e. The highest BCUT2D eigenvalue weighted by molar-refractivity contribution is 6.30. The predicted molar refractivity (Wildman–Crippen MR) is 44.8 cm³/mol. The van der Waals surface area contributed by atoms with E-state index in [4.69, 9.17) is 22.1 Å². The SMILES string of the molecule is Nc1nc(Cl)c2c(n1)COCC2. The maximum Gasteiger partial charge on any atom is 0.221 e. The molecule has 1 aromatic heterocycles. The van der Waals surface area contributed by atoms with Gasteiger partial charge in [-0.15, -0.1) is 0 Å². The average molecular weight is 186 g/mol. The summed E-state index contributed by atoms with van der Waals surface area (Å²) in [5, 5.41) is 0.459. The number of nitrogens with two attached hydrogens (primary N) is 1. The average Bonchev–Trinajstić information content (AvgIpc) is 2.04. The van der Waals surface area contributed by atoms with E-state index >= 15 is 0 Å². The molecular formula is C7H8ClN3O. The van der Waals surface area contributed by atoms with Crippen molar-refractivity contribution in [1.82, 2.24) is 9.97 Å². The molecule has 0 amide bonds. The molecule has 2 N–H and O–H groups in total. The van der Waals surface area contributed by atoms with Gasteiger partial charge in [0.05, 0.1) is 18.9 Å². The van der Waals surface area contributed by atoms with Crippen molar-refractivity contribution in [3.63, 3.8) is 0 Å². The predicted octanol–water partition coefficient (Wildman–Crippen LogP) is 0.785. The summed E-state index contributed by atoms with van der Waals surface area (Å²) in [6.07, 6.45) is 0.772. The zero-order valence-electron chi connectivity index (χ0n) is 6.38. The van der Waals surface area contributed by atoms with E-state index in [1.165, 1.54) is 0 Å². The molecule has 2 rings (SSSR count). The van der Waals surface area contributed by atoms with Gasteiger partial charge < -0.3 is 10.5 Å². The fourth-order valence-electron chi connectivity index (χ4n) is 1.23. The minimum absolute atomic E-state index is 0.212. The van der Waals surface area contributed by atoms with Crippen molar-refractivity contribution in [2.45, 2.75) is 13.0 Å². The molecule has 1 aliphatic rings. The van der Waals surface area contributed by atoms with E-state index < -0.39 is 0 Å². The van der Waals surface area contributed by atoms with Crippen LogP contribution in [0.3, 0.4) is 0 Å². The van der Waals surface area contributed by atoms with Crippen molar-refractivity contribution >= 4 is 17.5 Å². The molecule has 0 fully saturated rings. The van der Waals surface area contributed by atoms with E-state index in [2.05, 4.69) is 9.97 Å². The smallest absolute Gasteiger partial charge is 0.221 e. The van der Waals surface area contributed by atoms with Crippen LogP contribution in [0.1, 0.15) is 11.3 Å². The second kappa shape index (κ2) is 2.88. The molecule has 0 aliphatic carbocycles. The Morgan fingerprint density at radius 2 is 2.25 bits per heavy atom. The number of aromatic nitrogens is 2. The Hall–Kier alpha value is -0.870. The maximum absolute atomic E-state index is 5.86. The van der Waals surface area contributed by atoms with Crippen molar-refractivity contribution < 1.29 is 4.74 Å². The van der Waals surface area contributed by atoms with Gasteiger partial charge in [-0.05, 0) is 0 Å². The Balaban J connectivity index is 2.53. The number of anilines is 1. The van der Waals surface area contributed by atoms with Crippen molar-refractivity contribution in [2.24, 2.45) is 0 Å². The lowest BCUT2D eigenvalue weighted by Crippen LogP contribution is -2.14. The fraction of sp³-hybridized carbons (Fsp3) is 0.429. The normalized spacial score (nSPS) is 15.8. The van der Waals surface area contributed by atoms with Crippen LogP contribution in [0.25, 0.3) is 0 Å². The third-order valence-corrected chi connectivity index (χ3v) is 2.11. The van der Waals surface area contributed by atoms with E-state index in [9.17, 15) is 0 Å². The first-order valence-electron chi connectivity index (χ1n) is 3.66. The Bertz CT molecular complexity index is 316. The molecule has 4 nitrogen and oxygen atoms in total. The zero-order chi connectivity index (χ0) is 8.55. The van der Waals surface area contributed by atoms with Crippen molar-refractivity contribution in [3.05, 3.63) is 16.4 Å². The van der Waals surface area contributed by atoms with Crippen LogP contribution in [-0.2, 0) is 17.8 Å². The minimum Gasteiger partial charge on any atom is -0.375 e. The summed E-state index contributed by atoms with van der Waals surface area (Å²) in [6, 6.07) is 0. The summed E-state index contributed by atoms with van der Waals surface area (Å²) >= 11 is 5.86. The fourth-order valence-corrected chi connectivity index (χ4v) is 1.52. The Labute approximate surface area is 74.7 Å². The molecule has 5 heteroatoms. The van der Waals surface area contributed by atoms with E-state index in [1.54, 1.807) is 0 Å². The van der Waals surface area contributed by atoms with Crippen molar-refractivity contribution in [2.75, 3.05) is 12.3 Å². The minimum atomic E-state index is 0.212. The zero-order valence-corrected chi connectivity index (χ0v) is 7.14. The summed E-state index contributed by atoms with van der Waals surface area (Å²) < 4.78 is 5.20. The first-order valence-corrected chi connectivity index (χ1v) is 4.03. The second-order valence-electron chi connectivity index (χ2n) is 2.60. The van der Waals surface area contributed by atoms with Crippen LogP contribution in [0.2, 0.25) is 5.15 Å². The van der Waals surface area contributed by atoms with Crippen LogP contribution in [0.5, 0.6) is 0 Å². The Kier molecular flexibility index (Phi) is 1.86. The molecule has 0 spiro atoms. The standard InChI is InChI=1S/C7H8ClN3O/c8-6-4-1-2-12-3-5(4)10-7(9)11-6/h1-3H2,(H2,9,10,11). The summed E-state index contributed by atoms with van der Waals surface area (Å²) in [7, 11) is 0. The summed E-state index contributed by atoms with van der Waals surface area (Å²) in [5.41, 5.74) is 7.21. The van der Waals surface area contributed by atoms with Gasteiger partial charge in [0.1, 0.15) is 5.15 Å². The molecule has 64 valence electrons. The number of hydrogen-bond acceptors (Lipinski definition) is 4. The van der Waals surface area contributed by atoms with E-state index in [-0.39, 0.29) is 5.95 Å². The highest BCUT2D eigenvalue weighted by Crippen LogP contribution is 2.22. The van der Waals surface area contributed by atoms with Crippen LogP contribution >= 0.6 is 11.6 Å². The second-order valence-corrected chi connectivity index (χ2v) is 2.96. The number of halogens is 1. The van der Waals surface area contributed by atoms with Crippen LogP contribution in [0, 0.1) is 0 Å². The summed E-state index contributed by atoms with van der Waals surface area (Å²) in [5.74, 6) is 0.212. The first kappa shape index (κ1) is 7.76. The van der Waals surface area contributed by atoms with Crippen molar-refractivity contribution in [3.8, 4) is 0 Å². The molecule has 0 bridgehead atoms. The van der Waals surface area contributed by atoms with Gasteiger partial charge in [-0.25, -0.2) is 9.97 Å². The van der Waals surface area contributed by atoms with Gasteiger partial charge in [0.25, 0.3) is 0 Å². The van der Waals surface area contributed by atoms with Crippen molar-refractivity contribution in [1.29, 1.82) is 0 Å². The molecule has 0 atom stereocenters. The third kappa shape index (κ3) is 1.23. The lowest BCUT2D eigenvalue weighted by atomic mass is 10.1. The Morgan fingerprint density at radius 1 is 1.42 bits per heavy atom. The van der Waals surface area contributed by atoms with Gasteiger partial charge in [-0.1, -0.05) is 11.6 Å². The van der Waals surface area contributed by atoms with E-state index in [1.807, 2.05) is 0 Å². The van der Waals surface area contributed by atoms with Crippen LogP contribution in [0.4, 0.5) is 5.95 Å². The molecule has 1 aliphatic heterocycles. The summed E-state index contributed by atoms with van der Waals surface area (Å²) in [4.78, 5) is 7.90. The van der Waals surface area contributed by atoms with E-state index in [0.717, 1.165) is 17.7 Å². The van der Waals surface area contributed by atoms with E-state index in [0.29, 0.717) is 18.4 Å². The quantitative estimate of drug-likeness (QED) is 0.607.